The number of hydrogen-bond donors (Lipinski definition) is 1. The van der Waals surface area contributed by atoms with Gasteiger partial charge in [-0.15, -0.1) is 11.8 Å². The van der Waals surface area contributed by atoms with Crippen molar-refractivity contribution in [2.75, 3.05) is 25.4 Å². The van der Waals surface area contributed by atoms with Gasteiger partial charge in [0.05, 0.1) is 5.75 Å². The van der Waals surface area contributed by atoms with Crippen molar-refractivity contribution in [3.63, 3.8) is 0 Å². The molecule has 0 saturated carbocycles. The van der Waals surface area contributed by atoms with Crippen molar-refractivity contribution in [2.24, 2.45) is 5.73 Å². The third-order valence-electron chi connectivity index (χ3n) is 2.26. The Kier molecular flexibility index (Phi) is 8.39. The number of amides is 1. The lowest BCUT2D eigenvalue weighted by molar-refractivity contribution is -0.127. The number of rotatable bonds is 8. The van der Waals surface area contributed by atoms with E-state index >= 15 is 0 Å². The summed E-state index contributed by atoms with van der Waals surface area (Å²) in [6, 6.07) is 0. The first-order chi connectivity index (χ1) is 7.51. The summed E-state index contributed by atoms with van der Waals surface area (Å²) in [5, 5.41) is 0.456. The molecule has 16 heavy (non-hydrogen) atoms. The third kappa shape index (κ3) is 6.90. The number of nitrogens with zero attached hydrogens (tertiary/aromatic N) is 1. The second-order valence-corrected chi connectivity index (χ2v) is 5.49. The Morgan fingerprint density at radius 2 is 2.19 bits per heavy atom. The second kappa shape index (κ2) is 8.65. The largest absolute Gasteiger partial charge is 0.338 e. The molecule has 94 valence electrons. The van der Waals surface area contributed by atoms with E-state index in [1.165, 1.54) is 0 Å². The molecule has 0 heterocycles. The predicted molar refractivity (Wildman–Crippen MR) is 72.7 cm³/mol. The normalized spacial score (nSPS) is 12.2. The number of carbonyl (C=O) groups is 1. The first kappa shape index (κ1) is 15.5. The van der Waals surface area contributed by atoms with Crippen LogP contribution in [0.4, 0.5) is 0 Å². The molecular formula is C12H24N2OS. The fourth-order valence-corrected chi connectivity index (χ4v) is 2.24. The number of likely N-dealkylation sites (N-methyl/N-ethyl adjacent to an activating group) is 1. The quantitative estimate of drug-likeness (QED) is 0.663. The summed E-state index contributed by atoms with van der Waals surface area (Å²) < 4.78 is 0. The number of carbonyl (C=O) groups excluding carboxylic acids is 1. The second-order valence-electron chi connectivity index (χ2n) is 4.06. The van der Waals surface area contributed by atoms with Crippen LogP contribution in [0.5, 0.6) is 0 Å². The Hall–Kier alpha value is -0.480. The Morgan fingerprint density at radius 1 is 1.56 bits per heavy atom. The van der Waals surface area contributed by atoms with Crippen LogP contribution >= 0.6 is 11.8 Å². The van der Waals surface area contributed by atoms with Crippen LogP contribution in [0.1, 0.15) is 27.2 Å². The van der Waals surface area contributed by atoms with Crippen molar-refractivity contribution < 1.29 is 4.79 Å². The summed E-state index contributed by atoms with van der Waals surface area (Å²) in [6.07, 6.45) is 0.963. The molecule has 0 rings (SSSR count). The van der Waals surface area contributed by atoms with Crippen molar-refractivity contribution in [3.05, 3.63) is 12.2 Å². The molecule has 0 saturated heterocycles. The Morgan fingerprint density at radius 3 is 2.62 bits per heavy atom. The molecule has 0 bridgehead atoms. The molecule has 0 radical (unpaired) electrons. The summed E-state index contributed by atoms with van der Waals surface area (Å²) in [5.41, 5.74) is 6.49. The van der Waals surface area contributed by atoms with Gasteiger partial charge < -0.3 is 10.6 Å². The van der Waals surface area contributed by atoms with Gasteiger partial charge in [0.25, 0.3) is 0 Å². The van der Waals surface area contributed by atoms with Gasteiger partial charge in [0.15, 0.2) is 0 Å². The average Bonchev–Trinajstić information content (AvgIpc) is 2.22. The zero-order chi connectivity index (χ0) is 12.6. The lowest BCUT2D eigenvalue weighted by Crippen LogP contribution is -2.33. The SMILES string of the molecule is C=C(C)CN(CC)C(=O)CSC(C)CCN. The van der Waals surface area contributed by atoms with Crippen LogP contribution in [0.2, 0.25) is 0 Å². The van der Waals surface area contributed by atoms with Crippen molar-refractivity contribution in [1.82, 2.24) is 4.90 Å². The maximum absolute atomic E-state index is 11.9. The minimum atomic E-state index is 0.194. The standard InChI is InChI=1S/C12H24N2OS/c1-5-14(8-10(2)3)12(15)9-16-11(4)6-7-13/h11H,2,5-9,13H2,1,3-4H3. The maximum Gasteiger partial charge on any atom is 0.232 e. The van der Waals surface area contributed by atoms with E-state index in [1.807, 2.05) is 18.7 Å². The molecule has 0 spiro atoms. The van der Waals surface area contributed by atoms with Crippen LogP contribution < -0.4 is 5.73 Å². The molecular weight excluding hydrogens is 220 g/mol. The highest BCUT2D eigenvalue weighted by atomic mass is 32.2. The van der Waals surface area contributed by atoms with Gasteiger partial charge in [-0.2, -0.15) is 0 Å². The van der Waals surface area contributed by atoms with Gasteiger partial charge in [0.1, 0.15) is 0 Å². The van der Waals surface area contributed by atoms with Crippen LogP contribution in [0, 0.1) is 0 Å². The summed E-state index contributed by atoms with van der Waals surface area (Å²) in [4.78, 5) is 13.7. The summed E-state index contributed by atoms with van der Waals surface area (Å²) in [6.45, 7) is 12.0. The van der Waals surface area contributed by atoms with Gasteiger partial charge in [-0.3, -0.25) is 4.79 Å². The summed E-state index contributed by atoms with van der Waals surface area (Å²) in [7, 11) is 0. The minimum Gasteiger partial charge on any atom is -0.338 e. The monoisotopic (exact) mass is 244 g/mol. The third-order valence-corrected chi connectivity index (χ3v) is 3.48. The molecule has 1 atom stereocenters. The smallest absolute Gasteiger partial charge is 0.232 e. The predicted octanol–water partition coefficient (Wildman–Crippen LogP) is 1.88. The molecule has 4 heteroatoms. The zero-order valence-corrected chi connectivity index (χ0v) is 11.5. The Labute approximate surface area is 103 Å². The van der Waals surface area contributed by atoms with Crippen LogP contribution in [0.25, 0.3) is 0 Å². The lowest BCUT2D eigenvalue weighted by Gasteiger charge is -2.21. The van der Waals surface area contributed by atoms with E-state index in [9.17, 15) is 4.79 Å². The van der Waals surface area contributed by atoms with Crippen LogP contribution in [0.15, 0.2) is 12.2 Å². The molecule has 0 aliphatic rings. The van der Waals surface area contributed by atoms with Crippen molar-refractivity contribution in [2.45, 2.75) is 32.4 Å². The first-order valence-electron chi connectivity index (χ1n) is 5.75. The van der Waals surface area contributed by atoms with Gasteiger partial charge in [-0.25, -0.2) is 0 Å². The molecule has 0 aromatic carbocycles. The van der Waals surface area contributed by atoms with E-state index in [-0.39, 0.29) is 5.91 Å². The van der Waals surface area contributed by atoms with Crippen LogP contribution in [-0.2, 0) is 4.79 Å². The van der Waals surface area contributed by atoms with E-state index < -0.39 is 0 Å². The van der Waals surface area contributed by atoms with E-state index in [0.717, 1.165) is 18.5 Å². The minimum absolute atomic E-state index is 0.194. The number of nitrogens with two attached hydrogens (primary N) is 1. The van der Waals surface area contributed by atoms with Crippen LogP contribution in [0.3, 0.4) is 0 Å². The maximum atomic E-state index is 11.9. The fraction of sp³-hybridized carbons (Fsp3) is 0.750. The summed E-state index contributed by atoms with van der Waals surface area (Å²) in [5.74, 6) is 0.738. The van der Waals surface area contributed by atoms with E-state index in [1.54, 1.807) is 11.8 Å². The highest BCUT2D eigenvalue weighted by molar-refractivity contribution is 8.00. The van der Waals surface area contributed by atoms with E-state index in [2.05, 4.69) is 13.5 Å². The molecule has 0 aromatic rings. The highest BCUT2D eigenvalue weighted by Gasteiger charge is 2.13. The molecule has 1 unspecified atom stereocenters. The lowest BCUT2D eigenvalue weighted by atomic mass is 10.3. The average molecular weight is 244 g/mol. The molecule has 0 fully saturated rings. The van der Waals surface area contributed by atoms with Crippen molar-refractivity contribution in [3.8, 4) is 0 Å². The van der Waals surface area contributed by atoms with Crippen molar-refractivity contribution >= 4 is 17.7 Å². The van der Waals surface area contributed by atoms with E-state index in [4.69, 9.17) is 5.73 Å². The van der Waals surface area contributed by atoms with E-state index in [0.29, 0.717) is 24.1 Å². The topological polar surface area (TPSA) is 46.3 Å². The molecule has 0 aromatic heterocycles. The summed E-state index contributed by atoms with van der Waals surface area (Å²) >= 11 is 1.68. The van der Waals surface area contributed by atoms with Gasteiger partial charge in [-0.1, -0.05) is 19.1 Å². The Balaban J connectivity index is 3.97. The fourth-order valence-electron chi connectivity index (χ4n) is 1.33. The van der Waals surface area contributed by atoms with Crippen molar-refractivity contribution in [1.29, 1.82) is 0 Å². The Bertz CT molecular complexity index is 231. The number of hydrogen-bond acceptors (Lipinski definition) is 3. The first-order valence-corrected chi connectivity index (χ1v) is 6.79. The molecule has 3 nitrogen and oxygen atoms in total. The molecule has 1 amide bonds. The van der Waals surface area contributed by atoms with Gasteiger partial charge in [0, 0.05) is 18.3 Å². The van der Waals surface area contributed by atoms with Gasteiger partial charge in [-0.05, 0) is 26.8 Å². The molecule has 2 N–H and O–H groups in total. The zero-order valence-electron chi connectivity index (χ0n) is 10.7. The number of thioether (sulfide) groups is 1. The highest BCUT2D eigenvalue weighted by Crippen LogP contribution is 2.14. The molecule has 0 aliphatic heterocycles. The molecule has 0 aliphatic carbocycles. The van der Waals surface area contributed by atoms with Gasteiger partial charge in [0.2, 0.25) is 5.91 Å². The van der Waals surface area contributed by atoms with Crippen LogP contribution in [-0.4, -0.2) is 41.4 Å². The van der Waals surface area contributed by atoms with Gasteiger partial charge >= 0.3 is 0 Å².